The maximum absolute atomic E-state index is 5.74. The Morgan fingerprint density at radius 2 is 0.647 bits per heavy atom. The average molecular weight is 1080 g/mol. The van der Waals surface area contributed by atoms with Gasteiger partial charge in [-0.1, -0.05) is 193 Å². The lowest BCUT2D eigenvalue weighted by Crippen LogP contribution is -2.25. The highest BCUT2D eigenvalue weighted by atomic mass is 79.9. The van der Waals surface area contributed by atoms with Crippen LogP contribution in [0, 0.1) is 0 Å². The number of aromatic nitrogens is 2. The van der Waals surface area contributed by atoms with Gasteiger partial charge in [-0.05, 0) is 106 Å². The molecule has 0 spiro atoms. The van der Waals surface area contributed by atoms with Crippen molar-refractivity contribution in [3.63, 3.8) is 0 Å². The summed E-state index contributed by atoms with van der Waals surface area (Å²) in [6, 6.07) is 31.9. The normalized spacial score (nSPS) is 11.6. The molecule has 3 aromatic heterocycles. The molecule has 6 aromatic rings. The van der Waals surface area contributed by atoms with Gasteiger partial charge in [0.1, 0.15) is 0 Å². The monoisotopic (exact) mass is 1080 g/mol. The van der Waals surface area contributed by atoms with Crippen molar-refractivity contribution in [2.45, 2.75) is 182 Å². The van der Waals surface area contributed by atoms with Crippen molar-refractivity contribution in [3.05, 3.63) is 92.5 Å². The van der Waals surface area contributed by atoms with E-state index in [1.807, 2.05) is 0 Å². The molecule has 0 amide bonds. The van der Waals surface area contributed by atoms with Crippen LogP contribution in [0.4, 0.5) is 11.4 Å². The van der Waals surface area contributed by atoms with E-state index in [2.05, 4.69) is 154 Å². The number of nitrogens with zero attached hydrogens (tertiary/aromatic N) is 4. The van der Waals surface area contributed by atoms with E-state index >= 15 is 0 Å². The molecule has 0 unspecified atom stereocenters. The Morgan fingerprint density at radius 1 is 0.353 bits per heavy atom. The number of thiophene rings is 2. The Morgan fingerprint density at radius 3 is 0.926 bits per heavy atom. The summed E-state index contributed by atoms with van der Waals surface area (Å²) < 4.78 is 2.22. The van der Waals surface area contributed by atoms with Crippen molar-refractivity contribution in [1.82, 2.24) is 9.97 Å². The summed E-state index contributed by atoms with van der Waals surface area (Å²) >= 11 is 11.0. The molecule has 0 aliphatic heterocycles. The highest BCUT2D eigenvalue weighted by molar-refractivity contribution is 9.11. The predicted octanol–water partition coefficient (Wildman–Crippen LogP) is 21.0. The van der Waals surface area contributed by atoms with Crippen molar-refractivity contribution in [3.8, 4) is 43.4 Å². The van der Waals surface area contributed by atoms with Crippen LogP contribution in [0.3, 0.4) is 0 Å². The fourth-order valence-corrected chi connectivity index (χ4v) is 12.4. The van der Waals surface area contributed by atoms with Gasteiger partial charge in [-0.2, -0.15) is 0 Å². The van der Waals surface area contributed by atoms with E-state index in [1.165, 1.54) is 175 Å². The molecule has 0 aliphatic carbocycles. The molecule has 368 valence electrons. The molecule has 0 radical (unpaired) electrons. The minimum Gasteiger partial charge on any atom is -0.372 e. The van der Waals surface area contributed by atoms with Crippen molar-refractivity contribution in [1.29, 1.82) is 0 Å². The number of hydrogen-bond donors (Lipinski definition) is 0. The standard InChI is InChI=1S/C60H82Br2N4S2/c1-5-9-13-17-21-25-43-65(44-26-22-18-14-10-6-2)49-33-29-47(30-34-49)57-58(48-31-35-50(36-32-48)66(45-27-23-19-15-11-7-3)46-28-24-20-16-12-8-4)64-60-52(54-40-42-56(62)68-54)38-37-51(59(60)63-57)53-39-41-55(61)67-53/h29-42H,5-28,43-46H2,1-4H3. The zero-order valence-electron chi connectivity index (χ0n) is 42.2. The first-order valence-electron chi connectivity index (χ1n) is 27.0. The topological polar surface area (TPSA) is 32.3 Å². The quantitative estimate of drug-likeness (QED) is 0.0377. The first kappa shape index (κ1) is 54.3. The summed E-state index contributed by atoms with van der Waals surface area (Å²) in [6.07, 6.45) is 31.6. The summed E-state index contributed by atoms with van der Waals surface area (Å²) in [4.78, 5) is 19.2. The molecule has 3 aromatic carbocycles. The second kappa shape index (κ2) is 30.6. The zero-order valence-corrected chi connectivity index (χ0v) is 47.0. The third kappa shape index (κ3) is 16.8. The van der Waals surface area contributed by atoms with Gasteiger partial charge in [-0.15, -0.1) is 22.7 Å². The molecule has 0 atom stereocenters. The van der Waals surface area contributed by atoms with Gasteiger partial charge in [-0.25, -0.2) is 9.97 Å². The maximum Gasteiger partial charge on any atom is 0.0988 e. The van der Waals surface area contributed by atoms with Gasteiger partial charge in [-0.3, -0.25) is 0 Å². The molecule has 4 nitrogen and oxygen atoms in total. The number of benzene rings is 3. The van der Waals surface area contributed by atoms with Gasteiger partial charge in [0.05, 0.1) is 30.0 Å². The van der Waals surface area contributed by atoms with Crippen LogP contribution in [0.1, 0.15) is 182 Å². The second-order valence-corrected chi connectivity index (χ2v) is 24.1. The number of hydrogen-bond acceptors (Lipinski definition) is 6. The largest absolute Gasteiger partial charge is 0.372 e. The van der Waals surface area contributed by atoms with Crippen LogP contribution in [-0.4, -0.2) is 36.1 Å². The third-order valence-electron chi connectivity index (χ3n) is 13.6. The van der Waals surface area contributed by atoms with Gasteiger partial charge in [0, 0.05) is 69.6 Å². The number of fused-ring (bicyclic) bond motifs is 1. The molecule has 0 N–H and O–H groups in total. The van der Waals surface area contributed by atoms with E-state index in [0.29, 0.717) is 0 Å². The molecule has 0 saturated heterocycles. The number of rotatable bonds is 34. The van der Waals surface area contributed by atoms with E-state index in [1.54, 1.807) is 22.7 Å². The second-order valence-electron chi connectivity index (χ2n) is 19.1. The van der Waals surface area contributed by atoms with Gasteiger partial charge < -0.3 is 9.80 Å². The molecule has 0 aliphatic rings. The van der Waals surface area contributed by atoms with E-state index in [4.69, 9.17) is 9.97 Å². The minimum atomic E-state index is 0.938. The summed E-state index contributed by atoms with van der Waals surface area (Å²) in [5.74, 6) is 0. The molecule has 0 bridgehead atoms. The first-order chi connectivity index (χ1) is 33.4. The molecule has 3 heterocycles. The smallest absolute Gasteiger partial charge is 0.0988 e. The van der Waals surface area contributed by atoms with Crippen LogP contribution < -0.4 is 9.80 Å². The van der Waals surface area contributed by atoms with Crippen LogP contribution in [0.25, 0.3) is 54.4 Å². The van der Waals surface area contributed by atoms with Gasteiger partial charge in [0.2, 0.25) is 0 Å². The molecule has 8 heteroatoms. The number of unbranched alkanes of at least 4 members (excludes halogenated alkanes) is 20. The van der Waals surface area contributed by atoms with E-state index in [9.17, 15) is 0 Å². The van der Waals surface area contributed by atoms with E-state index < -0.39 is 0 Å². The van der Waals surface area contributed by atoms with Crippen molar-refractivity contribution >= 4 is 76.9 Å². The average Bonchev–Trinajstić information content (AvgIpc) is 4.01. The van der Waals surface area contributed by atoms with Crippen molar-refractivity contribution in [2.75, 3.05) is 36.0 Å². The van der Waals surface area contributed by atoms with E-state index in [0.717, 1.165) is 78.4 Å². The lowest BCUT2D eigenvalue weighted by atomic mass is 10.00. The fourth-order valence-electron chi connectivity index (χ4n) is 9.59. The Labute approximate surface area is 437 Å². The van der Waals surface area contributed by atoms with Crippen LogP contribution in [0.5, 0.6) is 0 Å². The first-order valence-corrected chi connectivity index (χ1v) is 30.2. The Balaban J connectivity index is 1.38. The SMILES string of the molecule is CCCCCCCCN(CCCCCCCC)c1ccc(-c2nc3c(-c4ccc(Br)s4)ccc(-c4ccc(Br)s4)c3nc2-c2ccc(N(CCCCCCCC)CCCCCCCC)cc2)cc1. The minimum absolute atomic E-state index is 0.938. The van der Waals surface area contributed by atoms with Crippen LogP contribution in [0.2, 0.25) is 0 Å². The van der Waals surface area contributed by atoms with Crippen LogP contribution >= 0.6 is 54.5 Å². The van der Waals surface area contributed by atoms with Crippen LogP contribution in [0.15, 0.2) is 92.5 Å². The van der Waals surface area contributed by atoms with E-state index in [-0.39, 0.29) is 0 Å². The Bertz CT molecular complexity index is 2120. The lowest BCUT2D eigenvalue weighted by Gasteiger charge is -2.26. The fraction of sp³-hybridized carbons (Fsp3) is 0.533. The summed E-state index contributed by atoms with van der Waals surface area (Å²) in [7, 11) is 0. The highest BCUT2D eigenvalue weighted by Gasteiger charge is 2.21. The zero-order chi connectivity index (χ0) is 47.8. The summed E-state index contributed by atoms with van der Waals surface area (Å²) in [5, 5.41) is 0. The maximum atomic E-state index is 5.74. The number of halogens is 2. The van der Waals surface area contributed by atoms with Gasteiger partial charge >= 0.3 is 0 Å². The molecular weight excluding hydrogens is 1000 g/mol. The highest BCUT2D eigenvalue weighted by Crippen LogP contribution is 2.43. The Hall–Kier alpha value is -3.04. The van der Waals surface area contributed by atoms with Gasteiger partial charge in [0.25, 0.3) is 0 Å². The third-order valence-corrected chi connectivity index (χ3v) is 17.0. The van der Waals surface area contributed by atoms with Crippen molar-refractivity contribution in [2.24, 2.45) is 0 Å². The molecular formula is C60H82Br2N4S2. The Kier molecular flexibility index (Phi) is 24.5. The molecule has 0 fully saturated rings. The van der Waals surface area contributed by atoms with Crippen LogP contribution in [-0.2, 0) is 0 Å². The molecule has 68 heavy (non-hydrogen) atoms. The lowest BCUT2D eigenvalue weighted by molar-refractivity contribution is 0.575. The summed E-state index contributed by atoms with van der Waals surface area (Å²) in [5.41, 5.74) is 10.9. The van der Waals surface area contributed by atoms with Gasteiger partial charge in [0.15, 0.2) is 0 Å². The predicted molar refractivity (Wildman–Crippen MR) is 310 cm³/mol. The number of anilines is 2. The summed E-state index contributed by atoms with van der Waals surface area (Å²) in [6.45, 7) is 13.7. The van der Waals surface area contributed by atoms with Crippen molar-refractivity contribution < 1.29 is 0 Å². The molecule has 6 rings (SSSR count). The molecule has 0 saturated carbocycles.